The lowest BCUT2D eigenvalue weighted by Gasteiger charge is -2.07. The quantitative estimate of drug-likeness (QED) is 0.295. The number of ether oxygens (including phenoxy) is 4. The molecule has 0 aromatic rings. The molecule has 0 aliphatic carbocycles. The fourth-order valence-corrected chi connectivity index (χ4v) is 2.36. The maximum absolute atomic E-state index is 8.54. The average molecular weight is 365 g/mol. The zero-order valence-corrected chi connectivity index (χ0v) is 16.3. The fraction of sp³-hybridized carbons (Fsp3) is 1.00. The second-order valence-electron chi connectivity index (χ2n) is 6.13. The Morgan fingerprint density at radius 1 is 0.560 bits per heavy atom. The van der Waals surface area contributed by atoms with Crippen LogP contribution in [0.5, 0.6) is 0 Å². The van der Waals surface area contributed by atoms with Crippen molar-refractivity contribution < 1.29 is 26.8 Å². The van der Waals surface area contributed by atoms with Gasteiger partial charge in [-0.15, -0.1) is 0 Å². The van der Waals surface area contributed by atoms with Crippen LogP contribution in [0.15, 0.2) is 0 Å². The van der Waals surface area contributed by atoms with Gasteiger partial charge in [-0.05, 0) is 6.42 Å². The number of hydrogen-bond donors (Lipinski definition) is 1. The standard InChI is InChI=1S/C20H42O5/c1-2-3-4-5-6-7-8-9-10-11-13-22-15-17-24-19-20-25-18-16-23-14-12-21/h21H,2-20H2,1H3/i13D2. The molecular formula is C20H42O5. The molecule has 1 N–H and O–H groups in total. The molecule has 0 amide bonds. The van der Waals surface area contributed by atoms with Gasteiger partial charge in [0.1, 0.15) is 0 Å². The second-order valence-corrected chi connectivity index (χ2v) is 6.13. The summed E-state index contributed by atoms with van der Waals surface area (Å²) >= 11 is 0. The smallest absolute Gasteiger partial charge is 0.0701 e. The van der Waals surface area contributed by atoms with Gasteiger partial charge in [-0.25, -0.2) is 0 Å². The van der Waals surface area contributed by atoms with E-state index in [1.807, 2.05) is 0 Å². The van der Waals surface area contributed by atoms with Gasteiger partial charge in [0.15, 0.2) is 0 Å². The van der Waals surface area contributed by atoms with Crippen molar-refractivity contribution >= 4 is 0 Å². The van der Waals surface area contributed by atoms with Gasteiger partial charge in [-0.2, -0.15) is 0 Å². The van der Waals surface area contributed by atoms with Crippen LogP contribution in [0.4, 0.5) is 0 Å². The minimum atomic E-state index is -1.56. The zero-order chi connectivity index (χ0) is 20.1. The maximum Gasteiger partial charge on any atom is 0.0701 e. The molecule has 0 spiro atoms. The number of rotatable bonds is 22. The first-order valence-corrected chi connectivity index (χ1v) is 10.1. The molecule has 0 heterocycles. The number of aliphatic hydroxyl groups excluding tert-OH is 1. The van der Waals surface area contributed by atoms with Gasteiger partial charge in [0.05, 0.1) is 55.6 Å². The minimum Gasteiger partial charge on any atom is -0.394 e. The van der Waals surface area contributed by atoms with Crippen molar-refractivity contribution in [2.75, 3.05) is 59.4 Å². The van der Waals surface area contributed by atoms with Crippen LogP contribution in [0, 0.1) is 0 Å². The van der Waals surface area contributed by atoms with E-state index in [1.165, 1.54) is 44.9 Å². The number of hydrogen-bond acceptors (Lipinski definition) is 5. The SMILES string of the molecule is [2H]C([2H])(CCCCCCCCCCC)OCCOCCOCCOCCO. The molecule has 0 aromatic carbocycles. The first-order valence-electron chi connectivity index (χ1n) is 11.1. The summed E-state index contributed by atoms with van der Waals surface area (Å²) in [6.45, 7) is 3.49. The molecule has 0 bridgehead atoms. The lowest BCUT2D eigenvalue weighted by molar-refractivity contribution is -0.00577. The number of unbranched alkanes of at least 4 members (excludes halogenated alkanes) is 8. The molecule has 5 nitrogen and oxygen atoms in total. The molecule has 0 aliphatic rings. The Hall–Kier alpha value is -0.200. The van der Waals surface area contributed by atoms with Crippen LogP contribution in [-0.2, 0) is 18.9 Å². The van der Waals surface area contributed by atoms with Crippen molar-refractivity contribution in [3.8, 4) is 0 Å². The third kappa shape index (κ3) is 23.8. The summed E-state index contributed by atoms with van der Waals surface area (Å²) in [7, 11) is 0. The van der Waals surface area contributed by atoms with Crippen LogP contribution < -0.4 is 0 Å². The second kappa shape index (κ2) is 23.8. The third-order valence-corrected chi connectivity index (χ3v) is 3.79. The van der Waals surface area contributed by atoms with Crippen LogP contribution >= 0.6 is 0 Å². The average Bonchev–Trinajstić information content (AvgIpc) is 2.64. The minimum absolute atomic E-state index is 0.0235. The topological polar surface area (TPSA) is 57.2 Å². The molecule has 0 saturated heterocycles. The maximum atomic E-state index is 8.54. The molecule has 0 saturated carbocycles. The van der Waals surface area contributed by atoms with Crippen LogP contribution in [0.2, 0.25) is 0 Å². The Kier molecular flexibility index (Phi) is 20.1. The summed E-state index contributed by atoms with van der Waals surface area (Å²) in [6.07, 6.45) is 11.5. The van der Waals surface area contributed by atoms with E-state index in [4.69, 9.17) is 26.8 Å². The van der Waals surface area contributed by atoms with E-state index in [0.29, 0.717) is 46.1 Å². The van der Waals surface area contributed by atoms with E-state index in [9.17, 15) is 0 Å². The lowest BCUT2D eigenvalue weighted by Crippen LogP contribution is -2.12. The van der Waals surface area contributed by atoms with Crippen LogP contribution in [0.25, 0.3) is 0 Å². The van der Waals surface area contributed by atoms with Crippen molar-refractivity contribution in [1.29, 1.82) is 0 Å². The highest BCUT2D eigenvalue weighted by atomic mass is 16.6. The highest BCUT2D eigenvalue weighted by Gasteiger charge is 1.94. The van der Waals surface area contributed by atoms with Gasteiger partial charge < -0.3 is 24.1 Å². The van der Waals surface area contributed by atoms with Gasteiger partial charge in [0.2, 0.25) is 0 Å². The van der Waals surface area contributed by atoms with Gasteiger partial charge >= 0.3 is 0 Å². The summed E-state index contributed by atoms with van der Waals surface area (Å²) in [5, 5.41) is 8.54. The molecule has 25 heavy (non-hydrogen) atoms. The lowest BCUT2D eigenvalue weighted by atomic mass is 10.1. The normalized spacial score (nSPS) is 13.0. The van der Waals surface area contributed by atoms with E-state index >= 15 is 0 Å². The summed E-state index contributed by atoms with van der Waals surface area (Å²) in [4.78, 5) is 0. The first kappa shape index (κ1) is 21.1. The van der Waals surface area contributed by atoms with E-state index in [0.717, 1.165) is 12.8 Å². The van der Waals surface area contributed by atoms with Crippen LogP contribution in [0.3, 0.4) is 0 Å². The molecule has 0 atom stereocenters. The van der Waals surface area contributed by atoms with Crippen molar-refractivity contribution in [2.45, 2.75) is 71.1 Å². The Balaban J connectivity index is 3.31. The Labute approximate surface area is 158 Å². The van der Waals surface area contributed by atoms with E-state index in [1.54, 1.807) is 0 Å². The summed E-state index contributed by atoms with van der Waals surface area (Å²) < 4.78 is 36.8. The van der Waals surface area contributed by atoms with Crippen molar-refractivity contribution in [1.82, 2.24) is 0 Å². The molecule has 0 radical (unpaired) electrons. The summed E-state index contributed by atoms with van der Waals surface area (Å²) in [5.41, 5.74) is 0. The Morgan fingerprint density at radius 2 is 0.960 bits per heavy atom. The molecule has 0 aliphatic heterocycles. The van der Waals surface area contributed by atoms with Gasteiger partial charge in [-0.1, -0.05) is 64.7 Å². The molecule has 0 fully saturated rings. The van der Waals surface area contributed by atoms with Crippen LogP contribution in [0.1, 0.15) is 73.9 Å². The molecule has 152 valence electrons. The molecule has 0 unspecified atom stereocenters. The molecular weight excluding hydrogens is 320 g/mol. The predicted octanol–water partition coefficient (Wildman–Crippen LogP) is 3.97. The third-order valence-electron chi connectivity index (χ3n) is 3.79. The Bertz CT molecular complexity index is 294. The van der Waals surface area contributed by atoms with E-state index in [-0.39, 0.29) is 13.2 Å². The van der Waals surface area contributed by atoms with Gasteiger partial charge in [0, 0.05) is 6.56 Å². The largest absolute Gasteiger partial charge is 0.394 e. The van der Waals surface area contributed by atoms with Gasteiger partial charge in [0.25, 0.3) is 0 Å². The molecule has 0 aromatic heterocycles. The number of aliphatic hydroxyl groups is 1. The van der Waals surface area contributed by atoms with Crippen molar-refractivity contribution in [3.05, 3.63) is 0 Å². The molecule has 5 heteroatoms. The van der Waals surface area contributed by atoms with E-state index in [2.05, 4.69) is 6.92 Å². The predicted molar refractivity (Wildman–Crippen MR) is 102 cm³/mol. The van der Waals surface area contributed by atoms with E-state index < -0.39 is 6.56 Å². The van der Waals surface area contributed by atoms with Crippen molar-refractivity contribution in [2.24, 2.45) is 0 Å². The molecule has 0 rings (SSSR count). The fourth-order valence-electron chi connectivity index (χ4n) is 2.36. The summed E-state index contributed by atoms with van der Waals surface area (Å²) in [5.74, 6) is 0. The Morgan fingerprint density at radius 3 is 1.44 bits per heavy atom. The zero-order valence-electron chi connectivity index (χ0n) is 18.3. The monoisotopic (exact) mass is 364 g/mol. The highest BCUT2D eigenvalue weighted by molar-refractivity contribution is 4.47. The van der Waals surface area contributed by atoms with Crippen molar-refractivity contribution in [3.63, 3.8) is 0 Å². The first-order chi connectivity index (χ1) is 13.1. The van der Waals surface area contributed by atoms with Gasteiger partial charge in [-0.3, -0.25) is 0 Å². The summed E-state index contributed by atoms with van der Waals surface area (Å²) in [6, 6.07) is 0. The van der Waals surface area contributed by atoms with Crippen LogP contribution in [-0.4, -0.2) is 64.5 Å². The highest BCUT2D eigenvalue weighted by Crippen LogP contribution is 2.10.